The Labute approximate surface area is 118 Å². The number of carbonyl (C=O) groups excluding carboxylic acids is 2. The maximum absolute atomic E-state index is 11.8. The van der Waals surface area contributed by atoms with Crippen LogP contribution >= 0.6 is 0 Å². The van der Waals surface area contributed by atoms with Crippen LogP contribution in [0.2, 0.25) is 0 Å². The van der Waals surface area contributed by atoms with E-state index in [2.05, 4.69) is 10.6 Å². The standard InChI is InChI=1S/C14H21N3O3/c1-10(15)9-13(18)16-7-8-17-14(19)11-3-5-12(20-2)6-4-11/h3-6,10H,7-9,15H2,1-2H3,(H,16,18)(H,17,19). The Bertz CT molecular complexity index is 443. The third-order valence-electron chi connectivity index (χ3n) is 2.59. The van der Waals surface area contributed by atoms with Gasteiger partial charge in [-0.25, -0.2) is 0 Å². The molecule has 20 heavy (non-hydrogen) atoms. The van der Waals surface area contributed by atoms with Crippen molar-refractivity contribution in [3.05, 3.63) is 29.8 Å². The van der Waals surface area contributed by atoms with Crippen LogP contribution in [0.3, 0.4) is 0 Å². The average molecular weight is 279 g/mol. The van der Waals surface area contributed by atoms with Crippen molar-refractivity contribution in [2.24, 2.45) is 5.73 Å². The molecule has 110 valence electrons. The van der Waals surface area contributed by atoms with E-state index < -0.39 is 0 Å². The summed E-state index contributed by atoms with van der Waals surface area (Å²) in [6.07, 6.45) is 0.284. The van der Waals surface area contributed by atoms with Gasteiger partial charge in [0.2, 0.25) is 5.91 Å². The molecule has 0 radical (unpaired) electrons. The minimum atomic E-state index is -0.186. The third kappa shape index (κ3) is 5.71. The van der Waals surface area contributed by atoms with Crippen LogP contribution in [0.15, 0.2) is 24.3 Å². The fourth-order valence-corrected chi connectivity index (χ4v) is 1.59. The summed E-state index contributed by atoms with van der Waals surface area (Å²) in [7, 11) is 1.57. The molecule has 1 aromatic carbocycles. The summed E-state index contributed by atoms with van der Waals surface area (Å²) in [6, 6.07) is 6.65. The zero-order valence-corrected chi connectivity index (χ0v) is 11.8. The van der Waals surface area contributed by atoms with Gasteiger partial charge >= 0.3 is 0 Å². The first-order chi connectivity index (χ1) is 9.52. The first kappa shape index (κ1) is 16.0. The van der Waals surface area contributed by atoms with Crippen LogP contribution in [0.25, 0.3) is 0 Å². The van der Waals surface area contributed by atoms with Gasteiger partial charge in [-0.3, -0.25) is 9.59 Å². The number of amides is 2. The molecule has 4 N–H and O–H groups in total. The number of carbonyl (C=O) groups is 2. The first-order valence-electron chi connectivity index (χ1n) is 6.47. The highest BCUT2D eigenvalue weighted by atomic mass is 16.5. The maximum atomic E-state index is 11.8. The number of hydrogen-bond acceptors (Lipinski definition) is 4. The van der Waals surface area contributed by atoms with Gasteiger partial charge in [-0.15, -0.1) is 0 Å². The smallest absolute Gasteiger partial charge is 0.251 e. The monoisotopic (exact) mass is 279 g/mol. The lowest BCUT2D eigenvalue weighted by Gasteiger charge is -2.08. The van der Waals surface area contributed by atoms with E-state index in [1.807, 2.05) is 0 Å². The van der Waals surface area contributed by atoms with Crippen LogP contribution in [-0.4, -0.2) is 38.1 Å². The van der Waals surface area contributed by atoms with Crippen LogP contribution in [-0.2, 0) is 4.79 Å². The molecule has 0 fully saturated rings. The topological polar surface area (TPSA) is 93.5 Å². The van der Waals surface area contributed by atoms with E-state index in [4.69, 9.17) is 10.5 Å². The summed E-state index contributed by atoms with van der Waals surface area (Å²) >= 11 is 0. The summed E-state index contributed by atoms with van der Waals surface area (Å²) < 4.78 is 5.02. The second-order valence-electron chi connectivity index (χ2n) is 4.52. The molecule has 0 aliphatic carbocycles. The molecule has 0 aliphatic heterocycles. The largest absolute Gasteiger partial charge is 0.497 e. The highest BCUT2D eigenvalue weighted by Gasteiger charge is 2.06. The highest BCUT2D eigenvalue weighted by molar-refractivity contribution is 5.94. The molecule has 0 spiro atoms. The van der Waals surface area contributed by atoms with Crippen molar-refractivity contribution in [3.63, 3.8) is 0 Å². The molecule has 0 saturated carbocycles. The summed E-state index contributed by atoms with van der Waals surface area (Å²) in [4.78, 5) is 23.1. The van der Waals surface area contributed by atoms with Crippen molar-refractivity contribution < 1.29 is 14.3 Å². The second kappa shape index (κ2) is 8.16. The van der Waals surface area contributed by atoms with Gasteiger partial charge in [-0.05, 0) is 31.2 Å². The van der Waals surface area contributed by atoms with E-state index in [1.54, 1.807) is 38.3 Å². The van der Waals surface area contributed by atoms with Gasteiger partial charge in [0.25, 0.3) is 5.91 Å². The molecule has 1 rings (SSSR count). The van der Waals surface area contributed by atoms with Crippen LogP contribution in [0, 0.1) is 0 Å². The van der Waals surface area contributed by atoms with E-state index in [1.165, 1.54) is 0 Å². The molecule has 0 heterocycles. The number of nitrogens with one attached hydrogen (secondary N) is 2. The van der Waals surface area contributed by atoms with Gasteiger partial charge in [-0.1, -0.05) is 0 Å². The van der Waals surface area contributed by atoms with E-state index in [0.717, 1.165) is 0 Å². The predicted molar refractivity (Wildman–Crippen MR) is 76.6 cm³/mol. The van der Waals surface area contributed by atoms with Crippen molar-refractivity contribution in [1.29, 1.82) is 0 Å². The highest BCUT2D eigenvalue weighted by Crippen LogP contribution is 2.10. The minimum absolute atomic E-state index is 0.112. The Morgan fingerprint density at radius 3 is 2.35 bits per heavy atom. The summed E-state index contributed by atoms with van der Waals surface area (Å²) in [5.41, 5.74) is 6.05. The van der Waals surface area contributed by atoms with Crippen molar-refractivity contribution >= 4 is 11.8 Å². The van der Waals surface area contributed by atoms with Crippen LogP contribution in [0.1, 0.15) is 23.7 Å². The molecule has 2 amide bonds. The number of nitrogens with two attached hydrogens (primary N) is 1. The molecular formula is C14H21N3O3. The van der Waals surface area contributed by atoms with Crippen molar-refractivity contribution in [2.45, 2.75) is 19.4 Å². The lowest BCUT2D eigenvalue weighted by Crippen LogP contribution is -2.36. The fraction of sp³-hybridized carbons (Fsp3) is 0.429. The Morgan fingerprint density at radius 2 is 1.80 bits per heavy atom. The Balaban J connectivity index is 2.27. The molecule has 6 nitrogen and oxygen atoms in total. The SMILES string of the molecule is COc1ccc(C(=O)NCCNC(=O)CC(C)N)cc1. The molecule has 6 heteroatoms. The average Bonchev–Trinajstić information content (AvgIpc) is 2.42. The van der Waals surface area contributed by atoms with Crippen LogP contribution in [0.5, 0.6) is 5.75 Å². The van der Waals surface area contributed by atoms with Crippen molar-refractivity contribution in [1.82, 2.24) is 10.6 Å². The van der Waals surface area contributed by atoms with Crippen LogP contribution < -0.4 is 21.1 Å². The van der Waals surface area contributed by atoms with Crippen molar-refractivity contribution in [2.75, 3.05) is 20.2 Å². The molecular weight excluding hydrogens is 258 g/mol. The zero-order chi connectivity index (χ0) is 15.0. The summed E-state index contributed by atoms with van der Waals surface area (Å²) in [6.45, 7) is 2.52. The van der Waals surface area contributed by atoms with Gasteiger partial charge < -0.3 is 21.1 Å². The molecule has 0 bridgehead atoms. The molecule has 0 saturated heterocycles. The van der Waals surface area contributed by atoms with Crippen LogP contribution in [0.4, 0.5) is 0 Å². The molecule has 1 unspecified atom stereocenters. The summed E-state index contributed by atoms with van der Waals surface area (Å²) in [5.74, 6) is 0.400. The fourth-order valence-electron chi connectivity index (χ4n) is 1.59. The zero-order valence-electron chi connectivity index (χ0n) is 11.8. The van der Waals surface area contributed by atoms with E-state index in [-0.39, 0.29) is 24.3 Å². The number of benzene rings is 1. The number of ether oxygens (including phenoxy) is 1. The Morgan fingerprint density at radius 1 is 1.20 bits per heavy atom. The van der Waals surface area contributed by atoms with E-state index >= 15 is 0 Å². The van der Waals surface area contributed by atoms with Gasteiger partial charge in [-0.2, -0.15) is 0 Å². The molecule has 0 aliphatic rings. The number of rotatable bonds is 7. The third-order valence-corrected chi connectivity index (χ3v) is 2.59. The molecule has 1 atom stereocenters. The quantitative estimate of drug-likeness (QED) is 0.625. The predicted octanol–water partition coefficient (Wildman–Crippen LogP) is 0.279. The number of hydrogen-bond donors (Lipinski definition) is 3. The molecule has 1 aromatic rings. The van der Waals surface area contributed by atoms with Crippen molar-refractivity contribution in [3.8, 4) is 5.75 Å². The lowest BCUT2D eigenvalue weighted by molar-refractivity contribution is -0.121. The minimum Gasteiger partial charge on any atom is -0.497 e. The Kier molecular flexibility index (Phi) is 6.52. The lowest BCUT2D eigenvalue weighted by atomic mass is 10.2. The van der Waals surface area contributed by atoms with E-state index in [9.17, 15) is 9.59 Å². The number of methoxy groups -OCH3 is 1. The second-order valence-corrected chi connectivity index (χ2v) is 4.52. The van der Waals surface area contributed by atoms with Gasteiger partial charge in [0.1, 0.15) is 5.75 Å². The summed E-state index contributed by atoms with van der Waals surface area (Å²) in [5, 5.41) is 5.40. The normalized spacial score (nSPS) is 11.6. The van der Waals surface area contributed by atoms with E-state index in [0.29, 0.717) is 24.4 Å². The first-order valence-corrected chi connectivity index (χ1v) is 6.47. The maximum Gasteiger partial charge on any atom is 0.251 e. The van der Waals surface area contributed by atoms with Gasteiger partial charge in [0, 0.05) is 31.1 Å². The van der Waals surface area contributed by atoms with Gasteiger partial charge in [0.15, 0.2) is 0 Å². The Hall–Kier alpha value is -2.08. The molecule has 0 aromatic heterocycles. The van der Waals surface area contributed by atoms with Gasteiger partial charge in [0.05, 0.1) is 7.11 Å².